The molecule has 0 spiro atoms. The molecular formula is C43H55N3O13. The van der Waals surface area contributed by atoms with Crippen molar-refractivity contribution >= 4 is 35.1 Å². The van der Waals surface area contributed by atoms with E-state index in [0.29, 0.717) is 12.8 Å². The van der Waals surface area contributed by atoms with Gasteiger partial charge in [-0.05, 0) is 32.8 Å². The molecule has 0 unspecified atom stereocenters. The van der Waals surface area contributed by atoms with Crippen LogP contribution in [0.2, 0.25) is 0 Å². The number of aliphatic hydroxyl groups is 2. The molecule has 6 N–H and O–H groups in total. The van der Waals surface area contributed by atoms with Crippen LogP contribution in [0, 0.1) is 36.5 Å². The summed E-state index contributed by atoms with van der Waals surface area (Å²) in [6.07, 6.45) is 4.05. The number of methoxy groups -OCH3 is 1. The molecule has 6 rings (SSSR count). The number of fused-ring (bicyclic) bond motifs is 14. The van der Waals surface area contributed by atoms with E-state index in [9.17, 15) is 44.1 Å². The van der Waals surface area contributed by atoms with Crippen molar-refractivity contribution in [2.45, 2.75) is 98.4 Å². The number of hydrogen-bond donors (Lipinski definition) is 5. The number of piperidine rings is 1. The zero-order chi connectivity index (χ0) is 43.8. The van der Waals surface area contributed by atoms with Crippen LogP contribution in [0.1, 0.15) is 97.9 Å². The van der Waals surface area contributed by atoms with Crippen LogP contribution in [0.3, 0.4) is 0 Å². The zero-order valence-corrected chi connectivity index (χ0v) is 34.9. The van der Waals surface area contributed by atoms with Gasteiger partial charge < -0.3 is 50.2 Å². The number of carbonyl (C=O) groups is 6. The maximum absolute atomic E-state index is 14.8. The van der Waals surface area contributed by atoms with Gasteiger partial charge in [0.25, 0.3) is 11.7 Å². The number of primary amides is 1. The van der Waals surface area contributed by atoms with Crippen LogP contribution in [-0.2, 0) is 28.6 Å². The van der Waals surface area contributed by atoms with Crippen molar-refractivity contribution in [2.24, 2.45) is 35.3 Å². The molecule has 1 saturated heterocycles. The molecule has 5 aliphatic rings. The molecule has 0 saturated carbocycles. The molecule has 16 heteroatoms. The van der Waals surface area contributed by atoms with E-state index in [0.717, 1.165) is 6.26 Å². The number of aliphatic hydroxyl groups excluding tert-OH is 2. The highest BCUT2D eigenvalue weighted by atomic mass is 16.7. The lowest BCUT2D eigenvalue weighted by Crippen LogP contribution is -2.46. The summed E-state index contributed by atoms with van der Waals surface area (Å²) in [6.45, 7) is 12.4. The number of phenols is 1. The largest absolute Gasteiger partial charge is 0.507 e. The number of nitrogens with two attached hydrogens (primary N) is 1. The second-order valence-corrected chi connectivity index (χ2v) is 16.2. The lowest BCUT2D eigenvalue weighted by atomic mass is 9.78. The van der Waals surface area contributed by atoms with Gasteiger partial charge >= 0.3 is 11.8 Å². The summed E-state index contributed by atoms with van der Waals surface area (Å²) in [5, 5.41) is 37.0. The number of ether oxygens (including phenoxy) is 4. The summed E-state index contributed by atoms with van der Waals surface area (Å²) in [6, 6.07) is 0. The van der Waals surface area contributed by atoms with Crippen molar-refractivity contribution in [3.05, 3.63) is 69.8 Å². The van der Waals surface area contributed by atoms with Gasteiger partial charge in [-0.2, -0.15) is 0 Å². The van der Waals surface area contributed by atoms with Gasteiger partial charge in [0.1, 0.15) is 29.0 Å². The molecule has 1 aromatic carbocycles. The number of hydrogen-bond acceptors (Lipinski definition) is 14. The number of rotatable bonds is 4. The highest BCUT2D eigenvalue weighted by Gasteiger charge is 2.53. The molecule has 1 aliphatic carbocycles. The molecule has 320 valence electrons. The second-order valence-electron chi connectivity index (χ2n) is 16.2. The van der Waals surface area contributed by atoms with E-state index in [-0.39, 0.29) is 41.2 Å². The number of benzene rings is 1. The fraction of sp³-hybridized carbons (Fsp3) is 0.535. The van der Waals surface area contributed by atoms with Crippen LogP contribution in [0.25, 0.3) is 0 Å². The number of aromatic hydroxyl groups is 1. The average Bonchev–Trinajstić information content (AvgIpc) is 3.46. The minimum atomic E-state index is -2.12. The summed E-state index contributed by atoms with van der Waals surface area (Å²) in [5.74, 6) is -10.9. The van der Waals surface area contributed by atoms with Crippen molar-refractivity contribution in [1.29, 1.82) is 0 Å². The lowest BCUT2D eigenvalue weighted by molar-refractivity contribution is -0.160. The van der Waals surface area contributed by atoms with Crippen molar-refractivity contribution < 1.29 is 63.0 Å². The predicted molar refractivity (Wildman–Crippen MR) is 212 cm³/mol. The number of likely N-dealkylation sites (tertiary alicyclic amines) is 1. The Morgan fingerprint density at radius 3 is 2.27 bits per heavy atom. The van der Waals surface area contributed by atoms with Crippen molar-refractivity contribution in [3.8, 4) is 11.5 Å². The number of ketones is 3. The SMILES string of the molecule is CO[C@H]1C=CO[C@@]2(C)Oc3c(C)c(O)c4c(c3C2=O)C(=O)C(N2CCC[C@H](C(N)=O)C2)=C(NC(=O)C(C)=CC=C[C@H](C)[C@H](O)[C@@H](C)[C@H](O)[C@H](C)[C@H](OC(C)=O)[C@@H]1C)C4=O. The van der Waals surface area contributed by atoms with E-state index in [2.05, 4.69) is 5.32 Å². The van der Waals surface area contributed by atoms with Crippen LogP contribution in [0.15, 0.2) is 47.5 Å². The minimum Gasteiger partial charge on any atom is -0.507 e. The van der Waals surface area contributed by atoms with Crippen LogP contribution in [0.4, 0.5) is 0 Å². The standard InChI is InChI=1S/C43H55N3O13/c1-19-12-10-13-20(2)42(55)45-31-32(46-16-11-14-26(18-46)41(44)54)37(52)28-29(36(31)51)35(50)24(6)39-30(28)40(53)43(8,59-39)57-17-15-27(56-9)21(3)38(58-25(7)47)23(5)34(49)22(4)33(19)48/h10,12-13,15,17,19,21-23,26-27,33-34,38,48-50H,11,14,16,18H2,1-9H3,(H2,44,54)(H,45,55)/t19-,21+,22+,23-,26-,27-,33-,34-,38+,43-/m0/s1. The third-order valence-corrected chi connectivity index (χ3v) is 12.1. The Balaban J connectivity index is 1.69. The molecule has 1 aromatic rings. The first-order valence-electron chi connectivity index (χ1n) is 19.7. The van der Waals surface area contributed by atoms with Gasteiger partial charge in [0.2, 0.25) is 17.5 Å². The van der Waals surface area contributed by atoms with Gasteiger partial charge in [0.05, 0.1) is 47.2 Å². The molecule has 4 aliphatic heterocycles. The molecule has 0 radical (unpaired) electrons. The summed E-state index contributed by atoms with van der Waals surface area (Å²) in [5.41, 5.74) is 3.69. The first kappa shape index (κ1) is 44.8. The van der Waals surface area contributed by atoms with Crippen LogP contribution in [0.5, 0.6) is 11.5 Å². The van der Waals surface area contributed by atoms with Crippen molar-refractivity contribution in [1.82, 2.24) is 10.2 Å². The molecule has 16 nitrogen and oxygen atoms in total. The highest BCUT2D eigenvalue weighted by Crippen LogP contribution is 2.49. The van der Waals surface area contributed by atoms with Crippen molar-refractivity contribution in [2.75, 3.05) is 20.2 Å². The highest BCUT2D eigenvalue weighted by molar-refractivity contribution is 6.32. The number of amides is 2. The average molecular weight is 822 g/mol. The summed E-state index contributed by atoms with van der Waals surface area (Å²) < 4.78 is 23.5. The third-order valence-electron chi connectivity index (χ3n) is 12.1. The van der Waals surface area contributed by atoms with Crippen LogP contribution >= 0.6 is 0 Å². The van der Waals surface area contributed by atoms with Gasteiger partial charge in [-0.15, -0.1) is 0 Å². The number of esters is 1. The van der Waals surface area contributed by atoms with E-state index >= 15 is 0 Å². The van der Waals surface area contributed by atoms with E-state index in [4.69, 9.17) is 24.7 Å². The maximum atomic E-state index is 14.8. The van der Waals surface area contributed by atoms with Gasteiger partial charge in [-0.1, -0.05) is 45.9 Å². The van der Waals surface area contributed by atoms with E-state index in [1.165, 1.54) is 57.9 Å². The number of allylic oxidation sites excluding steroid dienone is 4. The quantitative estimate of drug-likeness (QED) is 0.274. The number of phenolic OH excluding ortho intramolecular Hbond substituents is 1. The maximum Gasteiger partial charge on any atom is 0.312 e. The first-order chi connectivity index (χ1) is 27.7. The number of carbonyl (C=O) groups excluding carboxylic acids is 6. The summed E-state index contributed by atoms with van der Waals surface area (Å²) in [7, 11) is 1.41. The van der Waals surface area contributed by atoms with Crippen LogP contribution in [-0.4, -0.2) is 106 Å². The Kier molecular flexibility index (Phi) is 13.3. The Labute approximate surface area is 343 Å². The minimum absolute atomic E-state index is 0.0390. The normalized spacial score (nSPS) is 32.0. The smallest absolute Gasteiger partial charge is 0.312 e. The number of Topliss-reactive ketones (excluding diaryl/α,β-unsaturated/α-hetero) is 3. The Bertz CT molecular complexity index is 2050. The number of nitrogens with zero attached hydrogens (tertiary/aromatic N) is 1. The van der Waals surface area contributed by atoms with E-state index in [1.807, 2.05) is 0 Å². The Hall–Kier alpha value is -5.32. The van der Waals surface area contributed by atoms with E-state index in [1.54, 1.807) is 33.8 Å². The Morgan fingerprint density at radius 1 is 0.966 bits per heavy atom. The molecule has 4 heterocycles. The first-order valence-corrected chi connectivity index (χ1v) is 19.7. The number of nitrogens with one attached hydrogen (secondary N) is 1. The topological polar surface area (TPSA) is 241 Å². The van der Waals surface area contributed by atoms with Gasteiger partial charge in [-0.25, -0.2) is 0 Å². The fourth-order valence-corrected chi connectivity index (χ4v) is 8.39. The molecule has 2 amide bonds. The predicted octanol–water partition coefficient (Wildman–Crippen LogP) is 3.16. The van der Waals surface area contributed by atoms with Crippen LogP contribution < -0.4 is 15.8 Å². The molecule has 59 heavy (non-hydrogen) atoms. The van der Waals surface area contributed by atoms with Gasteiger partial charge in [0.15, 0.2) is 0 Å². The molecule has 5 bridgehead atoms. The molecule has 1 fully saturated rings. The molecule has 0 aromatic heterocycles. The second kappa shape index (κ2) is 17.5. The van der Waals surface area contributed by atoms with Crippen molar-refractivity contribution in [3.63, 3.8) is 0 Å². The van der Waals surface area contributed by atoms with Gasteiger partial charge in [-0.3, -0.25) is 28.8 Å². The Morgan fingerprint density at radius 2 is 1.64 bits per heavy atom. The lowest BCUT2D eigenvalue weighted by Gasteiger charge is -2.38. The third kappa shape index (κ3) is 8.43. The molecular weight excluding hydrogens is 766 g/mol. The zero-order valence-electron chi connectivity index (χ0n) is 34.9. The van der Waals surface area contributed by atoms with E-state index < -0.39 is 117 Å². The molecule has 10 atom stereocenters. The summed E-state index contributed by atoms with van der Waals surface area (Å²) >= 11 is 0. The van der Waals surface area contributed by atoms with Gasteiger partial charge in [0, 0.05) is 68.9 Å². The fourth-order valence-electron chi connectivity index (χ4n) is 8.39. The monoisotopic (exact) mass is 821 g/mol. The summed E-state index contributed by atoms with van der Waals surface area (Å²) in [4.78, 5) is 83.7.